The van der Waals surface area contributed by atoms with Gasteiger partial charge < -0.3 is 10.9 Å². The number of oxime groups is 1. The second kappa shape index (κ2) is 3.54. The first kappa shape index (κ1) is 10.3. The second-order valence-corrected chi connectivity index (χ2v) is 4.71. The lowest BCUT2D eigenvalue weighted by Crippen LogP contribution is -2.56. The first-order valence-electron chi connectivity index (χ1n) is 4.65. The zero-order chi connectivity index (χ0) is 10.1. The third kappa shape index (κ3) is 2.59. The van der Waals surface area contributed by atoms with Crippen LogP contribution in [0.25, 0.3) is 0 Å². The average molecular weight is 185 g/mol. The van der Waals surface area contributed by atoms with Gasteiger partial charge in [-0.3, -0.25) is 4.90 Å². The Morgan fingerprint density at radius 1 is 1.62 bits per heavy atom. The molecule has 0 aromatic heterocycles. The van der Waals surface area contributed by atoms with E-state index in [0.29, 0.717) is 23.7 Å². The minimum absolute atomic E-state index is 0.317. The quantitative estimate of drug-likeness (QED) is 0.296. The van der Waals surface area contributed by atoms with Gasteiger partial charge >= 0.3 is 0 Å². The Hall–Kier alpha value is -0.770. The fraction of sp³-hybridized carbons (Fsp3) is 0.889. The van der Waals surface area contributed by atoms with E-state index in [-0.39, 0.29) is 0 Å². The van der Waals surface area contributed by atoms with Gasteiger partial charge in [-0.05, 0) is 12.3 Å². The Morgan fingerprint density at radius 2 is 2.15 bits per heavy atom. The van der Waals surface area contributed by atoms with E-state index in [0.717, 1.165) is 13.1 Å². The molecule has 1 unspecified atom stereocenters. The van der Waals surface area contributed by atoms with E-state index in [1.807, 2.05) is 0 Å². The van der Waals surface area contributed by atoms with Gasteiger partial charge in [-0.15, -0.1) is 0 Å². The molecule has 1 aliphatic rings. The van der Waals surface area contributed by atoms with Crippen molar-refractivity contribution < 1.29 is 5.21 Å². The van der Waals surface area contributed by atoms with Gasteiger partial charge in [0.25, 0.3) is 0 Å². The van der Waals surface area contributed by atoms with Crippen LogP contribution in [0.5, 0.6) is 0 Å². The van der Waals surface area contributed by atoms with Crippen LogP contribution in [-0.4, -0.2) is 35.1 Å². The molecule has 0 aromatic carbocycles. The summed E-state index contributed by atoms with van der Waals surface area (Å²) in [7, 11) is 0. The molecule has 0 amide bonds. The summed E-state index contributed by atoms with van der Waals surface area (Å²) in [6.07, 6.45) is 0.645. The number of nitrogens with zero attached hydrogens (tertiary/aromatic N) is 2. The summed E-state index contributed by atoms with van der Waals surface area (Å²) >= 11 is 0. The Kier molecular flexibility index (Phi) is 2.81. The highest BCUT2D eigenvalue weighted by atomic mass is 16.4. The molecule has 0 saturated carbocycles. The lowest BCUT2D eigenvalue weighted by Gasteiger charge is -2.49. The highest BCUT2D eigenvalue weighted by Gasteiger charge is 2.36. The number of hydrogen-bond donors (Lipinski definition) is 2. The van der Waals surface area contributed by atoms with Crippen LogP contribution in [0.15, 0.2) is 5.16 Å². The van der Waals surface area contributed by atoms with Crippen molar-refractivity contribution >= 4 is 5.84 Å². The molecule has 4 nitrogen and oxygen atoms in total. The molecule has 0 aliphatic carbocycles. The zero-order valence-corrected chi connectivity index (χ0v) is 8.62. The highest BCUT2D eigenvalue weighted by molar-refractivity contribution is 5.80. The minimum Gasteiger partial charge on any atom is -0.409 e. The second-order valence-electron chi connectivity index (χ2n) is 4.71. The monoisotopic (exact) mass is 185 g/mol. The van der Waals surface area contributed by atoms with Crippen molar-refractivity contribution in [3.05, 3.63) is 0 Å². The van der Waals surface area contributed by atoms with Crippen LogP contribution in [-0.2, 0) is 0 Å². The Bertz CT molecular complexity index is 205. The van der Waals surface area contributed by atoms with E-state index in [2.05, 4.69) is 30.8 Å². The lowest BCUT2D eigenvalue weighted by molar-refractivity contribution is 0.00193. The van der Waals surface area contributed by atoms with Gasteiger partial charge in [0.15, 0.2) is 0 Å². The Labute approximate surface area is 79.4 Å². The Morgan fingerprint density at radius 3 is 2.54 bits per heavy atom. The van der Waals surface area contributed by atoms with Gasteiger partial charge in [0.1, 0.15) is 5.84 Å². The van der Waals surface area contributed by atoms with Crippen molar-refractivity contribution in [1.82, 2.24) is 4.90 Å². The third-order valence-electron chi connectivity index (χ3n) is 2.52. The molecule has 1 heterocycles. The molecule has 1 rings (SSSR count). The van der Waals surface area contributed by atoms with E-state index in [1.165, 1.54) is 0 Å². The number of hydrogen-bond acceptors (Lipinski definition) is 3. The van der Waals surface area contributed by atoms with Gasteiger partial charge in [0.2, 0.25) is 0 Å². The van der Waals surface area contributed by atoms with Crippen LogP contribution in [0.4, 0.5) is 0 Å². The summed E-state index contributed by atoms with van der Waals surface area (Å²) in [6, 6.07) is 0.379. The first-order valence-corrected chi connectivity index (χ1v) is 4.65. The van der Waals surface area contributed by atoms with E-state index in [4.69, 9.17) is 10.9 Å². The number of nitrogens with two attached hydrogens (primary N) is 1. The van der Waals surface area contributed by atoms with Crippen molar-refractivity contribution in [2.24, 2.45) is 16.3 Å². The van der Waals surface area contributed by atoms with E-state index >= 15 is 0 Å². The molecule has 1 saturated heterocycles. The molecule has 1 aliphatic heterocycles. The largest absolute Gasteiger partial charge is 0.409 e. The standard InChI is InChI=1S/C9H19N3O/c1-7(4-8(10)11-13)12-5-9(2,3)6-12/h7,13H,4-6H2,1-3H3,(H2,10,11). The van der Waals surface area contributed by atoms with E-state index < -0.39 is 0 Å². The maximum absolute atomic E-state index is 8.40. The lowest BCUT2D eigenvalue weighted by atomic mass is 9.83. The first-order chi connectivity index (χ1) is 5.94. The maximum Gasteiger partial charge on any atom is 0.140 e. The van der Waals surface area contributed by atoms with E-state index in [1.54, 1.807) is 0 Å². The topological polar surface area (TPSA) is 61.9 Å². The van der Waals surface area contributed by atoms with Gasteiger partial charge in [-0.1, -0.05) is 19.0 Å². The SMILES string of the molecule is CC(C/C(N)=N/O)N1CC(C)(C)C1. The van der Waals surface area contributed by atoms with E-state index in [9.17, 15) is 0 Å². The van der Waals surface area contributed by atoms with Crippen molar-refractivity contribution in [3.63, 3.8) is 0 Å². The van der Waals surface area contributed by atoms with Gasteiger partial charge in [0.05, 0.1) is 0 Å². The molecule has 0 radical (unpaired) electrons. The van der Waals surface area contributed by atoms with Crippen molar-refractivity contribution in [2.45, 2.75) is 33.2 Å². The predicted octanol–water partition coefficient (Wildman–Crippen LogP) is 0.853. The summed E-state index contributed by atoms with van der Waals surface area (Å²) in [5.41, 5.74) is 5.88. The third-order valence-corrected chi connectivity index (χ3v) is 2.52. The smallest absolute Gasteiger partial charge is 0.140 e. The fourth-order valence-electron chi connectivity index (χ4n) is 1.84. The number of amidine groups is 1. The molecule has 1 atom stereocenters. The summed E-state index contributed by atoms with van der Waals surface area (Å²) in [5, 5.41) is 11.4. The molecular weight excluding hydrogens is 166 g/mol. The normalized spacial score (nSPS) is 25.3. The van der Waals surface area contributed by atoms with Gasteiger partial charge in [0, 0.05) is 25.6 Å². The molecular formula is C9H19N3O. The van der Waals surface area contributed by atoms with Crippen molar-refractivity contribution in [1.29, 1.82) is 0 Å². The summed E-state index contributed by atoms with van der Waals surface area (Å²) in [4.78, 5) is 2.35. The molecule has 1 fully saturated rings. The summed E-state index contributed by atoms with van der Waals surface area (Å²) < 4.78 is 0. The molecule has 13 heavy (non-hydrogen) atoms. The maximum atomic E-state index is 8.40. The average Bonchev–Trinajstić information content (AvgIpc) is 1.99. The van der Waals surface area contributed by atoms with Crippen LogP contribution in [0.1, 0.15) is 27.2 Å². The molecule has 0 aromatic rings. The summed E-state index contributed by atoms with van der Waals surface area (Å²) in [5.74, 6) is 0.317. The van der Waals surface area contributed by atoms with Crippen molar-refractivity contribution in [3.8, 4) is 0 Å². The zero-order valence-electron chi connectivity index (χ0n) is 8.62. The highest BCUT2D eigenvalue weighted by Crippen LogP contribution is 2.30. The van der Waals surface area contributed by atoms with Crippen LogP contribution in [0.2, 0.25) is 0 Å². The molecule has 3 N–H and O–H groups in total. The molecule has 76 valence electrons. The minimum atomic E-state index is 0.317. The van der Waals surface area contributed by atoms with Crippen LogP contribution >= 0.6 is 0 Å². The molecule has 4 heteroatoms. The van der Waals surface area contributed by atoms with Crippen LogP contribution in [0, 0.1) is 5.41 Å². The van der Waals surface area contributed by atoms with Gasteiger partial charge in [-0.2, -0.15) is 0 Å². The molecule has 0 spiro atoms. The predicted molar refractivity (Wildman–Crippen MR) is 52.8 cm³/mol. The van der Waals surface area contributed by atoms with Crippen LogP contribution in [0.3, 0.4) is 0 Å². The van der Waals surface area contributed by atoms with Crippen LogP contribution < -0.4 is 5.73 Å². The van der Waals surface area contributed by atoms with Crippen molar-refractivity contribution in [2.75, 3.05) is 13.1 Å². The number of likely N-dealkylation sites (tertiary alicyclic amines) is 1. The number of rotatable bonds is 3. The van der Waals surface area contributed by atoms with Gasteiger partial charge in [-0.25, -0.2) is 0 Å². The summed E-state index contributed by atoms with van der Waals surface area (Å²) in [6.45, 7) is 8.81. The molecule has 0 bridgehead atoms. The Balaban J connectivity index is 2.31. The fourth-order valence-corrected chi connectivity index (χ4v) is 1.84.